The molecule has 1 aromatic rings. The molecule has 4 nitrogen and oxygen atoms in total. The fourth-order valence-corrected chi connectivity index (χ4v) is 3.28. The van der Waals surface area contributed by atoms with E-state index in [-0.39, 0.29) is 17.9 Å². The maximum absolute atomic E-state index is 12.3. The zero-order valence-electron chi connectivity index (χ0n) is 11.7. The van der Waals surface area contributed by atoms with E-state index in [0.29, 0.717) is 23.6 Å². The van der Waals surface area contributed by atoms with Crippen molar-refractivity contribution in [1.29, 1.82) is 0 Å². The number of carbonyl (C=O) groups is 2. The first-order chi connectivity index (χ1) is 9.70. The number of nitrogens with zero attached hydrogens (tertiary/aromatic N) is 1. The van der Waals surface area contributed by atoms with Gasteiger partial charge in [-0.25, -0.2) is 0 Å². The summed E-state index contributed by atoms with van der Waals surface area (Å²) in [7, 11) is 1.73. The minimum Gasteiger partial charge on any atom is -0.381 e. The van der Waals surface area contributed by atoms with Gasteiger partial charge < -0.3 is 4.74 Å². The van der Waals surface area contributed by atoms with E-state index in [9.17, 15) is 9.59 Å². The van der Waals surface area contributed by atoms with Crippen LogP contribution in [-0.2, 0) is 4.74 Å². The van der Waals surface area contributed by atoms with Crippen molar-refractivity contribution in [3.8, 4) is 0 Å². The molecule has 0 unspecified atom stereocenters. The molecule has 106 valence electrons. The number of benzene rings is 1. The molecule has 0 N–H and O–H groups in total. The average molecular weight is 273 g/mol. The van der Waals surface area contributed by atoms with Crippen LogP contribution in [0.4, 0.5) is 0 Å². The third-order valence-electron chi connectivity index (χ3n) is 4.39. The summed E-state index contributed by atoms with van der Waals surface area (Å²) >= 11 is 0. The topological polar surface area (TPSA) is 46.6 Å². The van der Waals surface area contributed by atoms with Crippen LogP contribution >= 0.6 is 0 Å². The third-order valence-corrected chi connectivity index (χ3v) is 4.39. The van der Waals surface area contributed by atoms with E-state index in [1.165, 1.54) is 4.90 Å². The van der Waals surface area contributed by atoms with Crippen molar-refractivity contribution in [1.82, 2.24) is 4.90 Å². The van der Waals surface area contributed by atoms with E-state index in [2.05, 4.69) is 0 Å². The monoisotopic (exact) mass is 273 g/mol. The van der Waals surface area contributed by atoms with Crippen LogP contribution in [0.5, 0.6) is 0 Å². The Hall–Kier alpha value is -1.68. The van der Waals surface area contributed by atoms with Gasteiger partial charge in [-0.3, -0.25) is 14.5 Å². The summed E-state index contributed by atoms with van der Waals surface area (Å²) in [5.74, 6) is 0.0613. The van der Waals surface area contributed by atoms with Crippen molar-refractivity contribution in [3.63, 3.8) is 0 Å². The predicted octanol–water partition coefficient (Wildman–Crippen LogP) is 2.49. The zero-order chi connectivity index (χ0) is 14.1. The number of carbonyl (C=O) groups excluding carboxylic acids is 2. The number of amides is 2. The summed E-state index contributed by atoms with van der Waals surface area (Å²) < 4.78 is 5.41. The molecular formula is C16H19NO3. The number of rotatable bonds is 3. The van der Waals surface area contributed by atoms with E-state index in [0.717, 1.165) is 25.7 Å². The molecule has 0 spiro atoms. The molecule has 1 aliphatic heterocycles. The minimum atomic E-state index is -0.148. The molecule has 1 heterocycles. The second-order valence-electron chi connectivity index (χ2n) is 5.66. The Bertz CT molecular complexity index is 505. The molecule has 1 saturated carbocycles. The van der Waals surface area contributed by atoms with Crippen LogP contribution in [0.15, 0.2) is 24.3 Å². The van der Waals surface area contributed by atoms with Crippen LogP contribution in [0, 0.1) is 5.92 Å². The van der Waals surface area contributed by atoms with Crippen molar-refractivity contribution >= 4 is 11.8 Å². The van der Waals surface area contributed by atoms with Crippen molar-refractivity contribution < 1.29 is 14.3 Å². The van der Waals surface area contributed by atoms with Gasteiger partial charge in [0, 0.05) is 13.7 Å². The standard InChI is InChI=1S/C16H19NO3/c1-20-12-6-4-5-11(9-12)10-17-15(18)13-7-2-3-8-14(13)16(17)19/h2-3,7-8,11-12H,4-6,9-10H2,1H3/t11-,12-/m0/s1. The normalized spacial score (nSPS) is 25.9. The van der Waals surface area contributed by atoms with Crippen LogP contribution < -0.4 is 0 Å². The number of imide groups is 1. The molecule has 20 heavy (non-hydrogen) atoms. The molecule has 1 aliphatic carbocycles. The molecular weight excluding hydrogens is 254 g/mol. The molecule has 4 heteroatoms. The lowest BCUT2D eigenvalue weighted by atomic mass is 9.87. The van der Waals surface area contributed by atoms with E-state index < -0.39 is 0 Å². The summed E-state index contributed by atoms with van der Waals surface area (Å²) in [5.41, 5.74) is 1.08. The van der Waals surface area contributed by atoms with Gasteiger partial charge in [-0.15, -0.1) is 0 Å². The largest absolute Gasteiger partial charge is 0.381 e. The van der Waals surface area contributed by atoms with Crippen LogP contribution in [0.3, 0.4) is 0 Å². The number of fused-ring (bicyclic) bond motifs is 1. The number of ether oxygens (including phenoxy) is 1. The second kappa shape index (κ2) is 5.37. The smallest absolute Gasteiger partial charge is 0.261 e. The predicted molar refractivity (Wildman–Crippen MR) is 74.6 cm³/mol. The maximum Gasteiger partial charge on any atom is 0.261 e. The van der Waals surface area contributed by atoms with Gasteiger partial charge in [-0.05, 0) is 37.3 Å². The molecule has 2 amide bonds. The number of hydrogen-bond acceptors (Lipinski definition) is 3. The molecule has 0 saturated heterocycles. The Morgan fingerprint density at radius 2 is 1.80 bits per heavy atom. The fourth-order valence-electron chi connectivity index (χ4n) is 3.28. The van der Waals surface area contributed by atoms with Gasteiger partial charge in [0.1, 0.15) is 0 Å². The van der Waals surface area contributed by atoms with Gasteiger partial charge >= 0.3 is 0 Å². The van der Waals surface area contributed by atoms with Gasteiger partial charge in [0.15, 0.2) is 0 Å². The summed E-state index contributed by atoms with van der Waals surface area (Å²) in [6.07, 6.45) is 4.45. The Labute approximate surface area is 118 Å². The molecule has 0 radical (unpaired) electrons. The quantitative estimate of drug-likeness (QED) is 0.795. The highest BCUT2D eigenvalue weighted by Gasteiger charge is 2.37. The Kier molecular flexibility index (Phi) is 3.57. The first kappa shape index (κ1) is 13.3. The Morgan fingerprint density at radius 3 is 2.40 bits per heavy atom. The van der Waals surface area contributed by atoms with Crippen LogP contribution in [0.25, 0.3) is 0 Å². The zero-order valence-corrected chi connectivity index (χ0v) is 11.7. The molecule has 2 aliphatic rings. The van der Waals surface area contributed by atoms with E-state index in [1.807, 2.05) is 0 Å². The molecule has 0 aromatic heterocycles. The van der Waals surface area contributed by atoms with Gasteiger partial charge in [0.05, 0.1) is 17.2 Å². The average Bonchev–Trinajstić information content (AvgIpc) is 2.73. The highest BCUT2D eigenvalue weighted by atomic mass is 16.5. The molecule has 3 rings (SSSR count). The molecule has 2 atom stereocenters. The molecule has 1 aromatic carbocycles. The number of methoxy groups -OCH3 is 1. The third kappa shape index (κ3) is 2.24. The SMILES string of the molecule is CO[C@H]1CCC[C@H](CN2C(=O)c3ccccc3C2=O)C1. The Morgan fingerprint density at radius 1 is 1.15 bits per heavy atom. The lowest BCUT2D eigenvalue weighted by Crippen LogP contribution is -2.37. The lowest BCUT2D eigenvalue weighted by molar-refractivity contribution is 0.0375. The summed E-state index contributed by atoms with van der Waals surface area (Å²) in [6, 6.07) is 7.06. The Balaban J connectivity index is 1.73. The van der Waals surface area contributed by atoms with Crippen molar-refractivity contribution in [2.24, 2.45) is 5.92 Å². The van der Waals surface area contributed by atoms with E-state index >= 15 is 0 Å². The van der Waals surface area contributed by atoms with Crippen molar-refractivity contribution in [2.75, 3.05) is 13.7 Å². The highest BCUT2D eigenvalue weighted by Crippen LogP contribution is 2.30. The lowest BCUT2D eigenvalue weighted by Gasteiger charge is -2.30. The van der Waals surface area contributed by atoms with Crippen LogP contribution in [0.1, 0.15) is 46.4 Å². The van der Waals surface area contributed by atoms with Crippen molar-refractivity contribution in [2.45, 2.75) is 31.8 Å². The summed E-state index contributed by atoms with van der Waals surface area (Å²) in [5, 5.41) is 0. The minimum absolute atomic E-state index is 0.148. The van der Waals surface area contributed by atoms with E-state index in [4.69, 9.17) is 4.74 Å². The van der Waals surface area contributed by atoms with Crippen LogP contribution in [-0.4, -0.2) is 36.5 Å². The molecule has 1 fully saturated rings. The van der Waals surface area contributed by atoms with Gasteiger partial charge in [0.2, 0.25) is 0 Å². The maximum atomic E-state index is 12.3. The van der Waals surface area contributed by atoms with Crippen LogP contribution in [0.2, 0.25) is 0 Å². The highest BCUT2D eigenvalue weighted by molar-refractivity contribution is 6.21. The number of hydrogen-bond donors (Lipinski definition) is 0. The van der Waals surface area contributed by atoms with Gasteiger partial charge in [-0.1, -0.05) is 18.6 Å². The summed E-state index contributed by atoms with van der Waals surface area (Å²) in [6.45, 7) is 0.520. The first-order valence-corrected chi connectivity index (χ1v) is 7.18. The first-order valence-electron chi connectivity index (χ1n) is 7.18. The van der Waals surface area contributed by atoms with Gasteiger partial charge in [0.25, 0.3) is 11.8 Å². The van der Waals surface area contributed by atoms with E-state index in [1.54, 1.807) is 31.4 Å². The fraction of sp³-hybridized carbons (Fsp3) is 0.500. The second-order valence-corrected chi connectivity index (χ2v) is 5.66. The van der Waals surface area contributed by atoms with Gasteiger partial charge in [-0.2, -0.15) is 0 Å². The summed E-state index contributed by atoms with van der Waals surface area (Å²) in [4.78, 5) is 26.0. The van der Waals surface area contributed by atoms with Crippen molar-refractivity contribution in [3.05, 3.63) is 35.4 Å². The molecule has 0 bridgehead atoms.